The molecular formula is C88H146O13Y3. The molecule has 31 atom stereocenters. The minimum Gasteiger partial charge on any atom is -0.462 e. The van der Waals surface area contributed by atoms with Crippen molar-refractivity contribution in [3.63, 3.8) is 0 Å². The molecule has 0 aromatic rings. The number of esters is 2. The van der Waals surface area contributed by atoms with Crippen LogP contribution >= 0.6 is 0 Å². The summed E-state index contributed by atoms with van der Waals surface area (Å²) in [7, 11) is 1.88. The van der Waals surface area contributed by atoms with Gasteiger partial charge in [0.1, 0.15) is 35.3 Å². The SMILES string of the molecule is CC(=O)CCCC(=O)O[C@H]1CC[C@@]2(C)[C@H](CC[C@@H]3[C@@H]2C[C@H](O)[C@]2(C)[C@@H](C(C)CCC(C)=O)CC[C@@H]32)C1.CC(=O)CCCC(=O)O[C@H]1CC[C@@]2(C)[C@H](CC[C@@H]3[C@@H]2C[C@H](O)[C@]2(C)[C@@H](C(C)CCC(C)=O)CC[C@@H]32)C1.CO[C@H]1CC[C@@]2(C)[C@H](CC[C@@H]3[C@@H]2C[C@H](O)[C@]2(C)[C@@H](C(C)CC[C@H](C)O)CC[C@@H]32)C1.[Y].[Y].[Y]. The molecule has 0 spiro atoms. The second kappa shape index (κ2) is 38.5. The molecule has 16 heteroatoms. The van der Waals surface area contributed by atoms with E-state index in [1.807, 2.05) is 14.0 Å². The predicted octanol–water partition coefficient (Wildman–Crippen LogP) is 18.0. The van der Waals surface area contributed by atoms with Crippen molar-refractivity contribution in [2.45, 2.75) is 371 Å². The average Bonchev–Trinajstić information content (AvgIpc) is 1.42. The van der Waals surface area contributed by atoms with E-state index in [0.717, 1.165) is 95.3 Å². The number of methoxy groups -OCH3 is 1. The van der Waals surface area contributed by atoms with E-state index in [-0.39, 0.29) is 197 Å². The van der Waals surface area contributed by atoms with E-state index in [1.165, 1.54) is 96.3 Å². The molecule has 0 aromatic carbocycles. The number of aliphatic hydroxyl groups excluding tert-OH is 4. The van der Waals surface area contributed by atoms with Gasteiger partial charge in [-0.05, 0) is 366 Å². The minimum absolute atomic E-state index is 0. The Bertz CT molecular complexity index is 2720. The van der Waals surface area contributed by atoms with Crippen molar-refractivity contribution in [1.82, 2.24) is 0 Å². The van der Waals surface area contributed by atoms with E-state index in [4.69, 9.17) is 14.2 Å². The number of hydrogen-bond acceptors (Lipinski definition) is 13. The zero-order chi connectivity index (χ0) is 73.5. The fourth-order valence-corrected chi connectivity index (χ4v) is 28.3. The van der Waals surface area contributed by atoms with Crippen LogP contribution in [0.1, 0.15) is 328 Å². The van der Waals surface area contributed by atoms with Crippen LogP contribution in [0.4, 0.5) is 0 Å². The van der Waals surface area contributed by atoms with Crippen LogP contribution in [0.3, 0.4) is 0 Å². The molecule has 12 fully saturated rings. The molecule has 0 aromatic heterocycles. The Hall–Kier alpha value is 0.732. The maximum Gasteiger partial charge on any atom is 0.306 e. The van der Waals surface area contributed by atoms with E-state index < -0.39 is 0 Å². The number of ether oxygens (including phenoxy) is 3. The summed E-state index contributed by atoms with van der Waals surface area (Å²) < 4.78 is 17.5. The third kappa shape index (κ3) is 19.1. The number of rotatable bonds is 23. The Morgan fingerprint density at radius 2 is 0.663 bits per heavy atom. The van der Waals surface area contributed by atoms with Crippen molar-refractivity contribution >= 4 is 35.1 Å². The summed E-state index contributed by atoms with van der Waals surface area (Å²) in [5.41, 5.74) is 0.824. The van der Waals surface area contributed by atoms with Gasteiger partial charge < -0.3 is 53.8 Å². The summed E-state index contributed by atoms with van der Waals surface area (Å²) in [6.07, 6.45) is 34.8. The Morgan fingerprint density at radius 3 is 0.962 bits per heavy atom. The van der Waals surface area contributed by atoms with Crippen LogP contribution in [0, 0.1) is 139 Å². The molecule has 104 heavy (non-hydrogen) atoms. The first-order valence-electron chi connectivity index (χ1n) is 42.3. The molecule has 13 nitrogen and oxygen atoms in total. The van der Waals surface area contributed by atoms with Gasteiger partial charge in [0.05, 0.1) is 30.5 Å². The molecule has 4 N–H and O–H groups in total. The Morgan fingerprint density at radius 1 is 0.365 bits per heavy atom. The van der Waals surface area contributed by atoms with Crippen molar-refractivity contribution in [1.29, 1.82) is 0 Å². The van der Waals surface area contributed by atoms with Gasteiger partial charge in [0.2, 0.25) is 0 Å². The van der Waals surface area contributed by atoms with Crippen LogP contribution in [0.25, 0.3) is 0 Å². The molecule has 0 saturated heterocycles. The van der Waals surface area contributed by atoms with E-state index in [0.29, 0.717) is 158 Å². The smallest absolute Gasteiger partial charge is 0.306 e. The zero-order valence-corrected chi connectivity index (χ0v) is 76.6. The van der Waals surface area contributed by atoms with Gasteiger partial charge in [-0.1, -0.05) is 62.3 Å². The molecule has 3 radical (unpaired) electrons. The summed E-state index contributed by atoms with van der Waals surface area (Å²) in [5, 5.41) is 44.8. The first-order chi connectivity index (χ1) is 47.6. The number of carbonyl (C=O) groups is 6. The maximum atomic E-state index is 12.3. The molecule has 12 aliphatic carbocycles. The van der Waals surface area contributed by atoms with Gasteiger partial charge >= 0.3 is 11.9 Å². The summed E-state index contributed by atoms with van der Waals surface area (Å²) in [6.45, 7) is 30.1. The molecule has 585 valence electrons. The van der Waals surface area contributed by atoms with Crippen LogP contribution in [-0.4, -0.2) is 105 Å². The Balaban J connectivity index is 0.000000216. The summed E-state index contributed by atoms with van der Waals surface area (Å²) in [5.74, 6) is 11.3. The maximum absolute atomic E-state index is 12.3. The first kappa shape index (κ1) is 91.9. The number of Topliss-reactive ketones (excluding diaryl/α,β-unsaturated/α-hetero) is 4. The van der Waals surface area contributed by atoms with Gasteiger partial charge in [0.25, 0.3) is 0 Å². The molecule has 0 bridgehead atoms. The number of carbonyl (C=O) groups excluding carboxylic acids is 6. The van der Waals surface area contributed by atoms with Crippen molar-refractivity contribution in [3.05, 3.63) is 0 Å². The second-order valence-corrected chi connectivity index (χ2v) is 39.2. The summed E-state index contributed by atoms with van der Waals surface area (Å²) in [4.78, 5) is 70.2. The second-order valence-electron chi connectivity index (χ2n) is 39.2. The van der Waals surface area contributed by atoms with Gasteiger partial charge in [-0.2, -0.15) is 0 Å². The van der Waals surface area contributed by atoms with Crippen LogP contribution in [-0.2, 0) is 141 Å². The molecule has 0 heterocycles. The first-order valence-corrected chi connectivity index (χ1v) is 42.3. The van der Waals surface area contributed by atoms with Crippen LogP contribution in [0.5, 0.6) is 0 Å². The Labute approximate surface area is 706 Å². The quantitative estimate of drug-likeness (QED) is 0.0703. The van der Waals surface area contributed by atoms with E-state index in [9.17, 15) is 49.2 Å². The van der Waals surface area contributed by atoms with E-state index in [2.05, 4.69) is 62.3 Å². The molecule has 3 unspecified atom stereocenters. The predicted molar refractivity (Wildman–Crippen MR) is 398 cm³/mol. The third-order valence-corrected chi connectivity index (χ3v) is 34.1. The topological polar surface area (TPSA) is 211 Å². The Kier molecular flexibility index (Phi) is 34.0. The van der Waals surface area contributed by atoms with Crippen LogP contribution < -0.4 is 0 Å². The average molecular weight is 1680 g/mol. The van der Waals surface area contributed by atoms with Gasteiger partial charge in [-0.15, -0.1) is 0 Å². The zero-order valence-electron chi connectivity index (χ0n) is 68.1. The minimum atomic E-state index is -0.275. The molecule has 12 rings (SSSR count). The number of ketones is 4. The van der Waals surface area contributed by atoms with Crippen molar-refractivity contribution < 1.29 is 162 Å². The third-order valence-electron chi connectivity index (χ3n) is 34.1. The summed E-state index contributed by atoms with van der Waals surface area (Å²) >= 11 is 0. The fourth-order valence-electron chi connectivity index (χ4n) is 28.3. The number of fused-ring (bicyclic) bond motifs is 15. The molecule has 12 aliphatic rings. The van der Waals surface area contributed by atoms with Gasteiger partial charge in [-0.3, -0.25) is 9.59 Å². The van der Waals surface area contributed by atoms with E-state index >= 15 is 0 Å². The summed E-state index contributed by atoms with van der Waals surface area (Å²) in [6, 6.07) is 0. The van der Waals surface area contributed by atoms with Crippen molar-refractivity contribution in [3.8, 4) is 0 Å². The van der Waals surface area contributed by atoms with Gasteiger partial charge in [0.15, 0.2) is 0 Å². The molecule has 0 amide bonds. The molecule has 12 saturated carbocycles. The molecular weight excluding hydrogens is 1530 g/mol. The number of aliphatic hydroxyl groups is 4. The normalized spacial score (nSPS) is 43.9. The van der Waals surface area contributed by atoms with Crippen molar-refractivity contribution in [2.75, 3.05) is 7.11 Å². The van der Waals surface area contributed by atoms with E-state index in [1.54, 1.807) is 27.7 Å². The van der Waals surface area contributed by atoms with Crippen LogP contribution in [0.15, 0.2) is 0 Å². The van der Waals surface area contributed by atoms with Gasteiger partial charge in [-0.25, -0.2) is 0 Å². The van der Waals surface area contributed by atoms with Crippen molar-refractivity contribution in [2.24, 2.45) is 139 Å². The van der Waals surface area contributed by atoms with Gasteiger partial charge in [0, 0.05) is 144 Å². The largest absolute Gasteiger partial charge is 0.462 e. The molecule has 0 aliphatic heterocycles. The monoisotopic (exact) mass is 1680 g/mol. The van der Waals surface area contributed by atoms with Crippen LogP contribution in [0.2, 0.25) is 0 Å². The number of hydrogen-bond donors (Lipinski definition) is 4. The fraction of sp³-hybridized carbons (Fsp3) is 0.932. The standard InChI is InChI=1S/2C31H50O5.C26H46O3.3Y/c2*1-19(9-10-21(3)33)25-13-14-26-24-12-11-22-17-23(36-29(35)8-6-7-20(2)32)15-16-30(22,4)27(24)18-28(34)31(25,26)5;1-16(6-7-17(2)27)21-10-11-22-20-9-8-18-14-19(29-5)12-13-25(18,3)23(20)15-24(28)26(21,22)4;;;/h2*19,22-28,34H,6-18H2,1-5H3;16-24,27-28H,6-15H2,1-5H3;;;/t2*19?,22-,23+,24+,25-,26+,27+,28+,30+,31-;16?,17-,18+,19-,20-,21+,22-,23-,24-,25-,26+;;;/m110.../s1.